The second kappa shape index (κ2) is 5.78. The van der Waals surface area contributed by atoms with Crippen LogP contribution in [-0.2, 0) is 6.54 Å². The zero-order valence-electron chi connectivity index (χ0n) is 11.9. The number of nitrogens with two attached hydrogens (primary N) is 1. The van der Waals surface area contributed by atoms with E-state index in [-0.39, 0.29) is 0 Å². The standard InChI is InChI=1S/C15H17N5O/c1-11-18-14(16)13-10-17-20(15(13)19-11)8-5-9-21-12-6-3-2-4-7-12/h2-4,6-7,10H,5,8-9H2,1H3,(H2,16,18,19). The van der Waals surface area contributed by atoms with Gasteiger partial charge >= 0.3 is 0 Å². The monoisotopic (exact) mass is 283 g/mol. The molecule has 2 heterocycles. The molecule has 108 valence electrons. The van der Waals surface area contributed by atoms with Crippen molar-refractivity contribution in [2.24, 2.45) is 0 Å². The van der Waals surface area contributed by atoms with E-state index in [1.165, 1.54) is 0 Å². The van der Waals surface area contributed by atoms with E-state index in [4.69, 9.17) is 10.5 Å². The van der Waals surface area contributed by atoms with E-state index in [1.807, 2.05) is 41.9 Å². The molecule has 2 N–H and O–H groups in total. The average Bonchev–Trinajstić information content (AvgIpc) is 2.88. The van der Waals surface area contributed by atoms with Gasteiger partial charge < -0.3 is 10.5 Å². The fourth-order valence-electron chi connectivity index (χ4n) is 2.18. The van der Waals surface area contributed by atoms with Crippen molar-refractivity contribution in [2.75, 3.05) is 12.3 Å². The van der Waals surface area contributed by atoms with Crippen LogP contribution in [0.15, 0.2) is 36.5 Å². The maximum Gasteiger partial charge on any atom is 0.163 e. The summed E-state index contributed by atoms with van der Waals surface area (Å²) in [7, 11) is 0. The zero-order chi connectivity index (χ0) is 14.7. The van der Waals surface area contributed by atoms with E-state index in [2.05, 4.69) is 15.1 Å². The number of rotatable bonds is 5. The highest BCUT2D eigenvalue weighted by molar-refractivity contribution is 5.84. The highest BCUT2D eigenvalue weighted by Crippen LogP contribution is 2.17. The highest BCUT2D eigenvalue weighted by atomic mass is 16.5. The summed E-state index contributed by atoms with van der Waals surface area (Å²) in [6.07, 6.45) is 2.55. The lowest BCUT2D eigenvalue weighted by atomic mass is 10.3. The lowest BCUT2D eigenvalue weighted by molar-refractivity contribution is 0.299. The molecule has 6 nitrogen and oxygen atoms in total. The molecule has 0 aliphatic carbocycles. The van der Waals surface area contributed by atoms with Crippen LogP contribution < -0.4 is 10.5 Å². The summed E-state index contributed by atoms with van der Waals surface area (Å²) < 4.78 is 7.51. The minimum Gasteiger partial charge on any atom is -0.494 e. The number of nitrogens with zero attached hydrogens (tertiary/aromatic N) is 4. The van der Waals surface area contributed by atoms with Gasteiger partial charge in [0.1, 0.15) is 17.4 Å². The predicted octanol–water partition coefficient (Wildman–Crippen LogP) is 2.19. The summed E-state index contributed by atoms with van der Waals surface area (Å²) in [5.41, 5.74) is 6.65. The van der Waals surface area contributed by atoms with Crippen LogP contribution in [0.4, 0.5) is 5.82 Å². The molecule has 6 heteroatoms. The summed E-state index contributed by atoms with van der Waals surface area (Å²) >= 11 is 0. The molecule has 2 aromatic heterocycles. The number of nitrogen functional groups attached to an aromatic ring is 1. The smallest absolute Gasteiger partial charge is 0.163 e. The molecule has 3 rings (SSSR count). The lowest BCUT2D eigenvalue weighted by Gasteiger charge is -2.06. The third-order valence-corrected chi connectivity index (χ3v) is 3.16. The second-order valence-corrected chi connectivity index (χ2v) is 4.78. The second-order valence-electron chi connectivity index (χ2n) is 4.78. The van der Waals surface area contributed by atoms with E-state index in [9.17, 15) is 0 Å². The number of hydrogen-bond donors (Lipinski definition) is 1. The van der Waals surface area contributed by atoms with Crippen LogP contribution >= 0.6 is 0 Å². The van der Waals surface area contributed by atoms with Gasteiger partial charge in [0.05, 0.1) is 18.2 Å². The molecule has 0 bridgehead atoms. The number of anilines is 1. The minimum atomic E-state index is 0.476. The first-order valence-corrected chi connectivity index (χ1v) is 6.87. The van der Waals surface area contributed by atoms with Crippen molar-refractivity contribution in [3.63, 3.8) is 0 Å². The zero-order valence-corrected chi connectivity index (χ0v) is 11.9. The molecule has 0 spiro atoms. The van der Waals surface area contributed by atoms with Gasteiger partial charge in [0.2, 0.25) is 0 Å². The van der Waals surface area contributed by atoms with Crippen LogP contribution in [0.25, 0.3) is 11.0 Å². The summed E-state index contributed by atoms with van der Waals surface area (Å²) in [6.45, 7) is 3.18. The van der Waals surface area contributed by atoms with Crippen molar-refractivity contribution < 1.29 is 4.74 Å². The van der Waals surface area contributed by atoms with Crippen LogP contribution in [0.2, 0.25) is 0 Å². The van der Waals surface area contributed by atoms with Gasteiger partial charge in [-0.2, -0.15) is 5.10 Å². The Hall–Kier alpha value is -2.63. The molecule has 3 aromatic rings. The molecule has 0 aliphatic heterocycles. The Bertz CT molecular complexity index is 738. The SMILES string of the molecule is Cc1nc(N)c2cnn(CCCOc3ccccc3)c2n1. The van der Waals surface area contributed by atoms with E-state index in [1.54, 1.807) is 6.20 Å². The van der Waals surface area contributed by atoms with Gasteiger partial charge in [-0.3, -0.25) is 0 Å². The molecule has 0 aliphatic rings. The number of aryl methyl sites for hydroxylation is 2. The Labute approximate surface area is 122 Å². The van der Waals surface area contributed by atoms with Crippen LogP contribution in [0.1, 0.15) is 12.2 Å². The molecule has 0 unspecified atom stereocenters. The third kappa shape index (κ3) is 2.94. The van der Waals surface area contributed by atoms with Gasteiger partial charge in [-0.15, -0.1) is 0 Å². The van der Waals surface area contributed by atoms with E-state index >= 15 is 0 Å². The fraction of sp³-hybridized carbons (Fsp3) is 0.267. The van der Waals surface area contributed by atoms with Crippen LogP contribution in [0, 0.1) is 6.92 Å². The number of fused-ring (bicyclic) bond motifs is 1. The third-order valence-electron chi connectivity index (χ3n) is 3.16. The molecular weight excluding hydrogens is 266 g/mol. The van der Waals surface area contributed by atoms with Gasteiger partial charge in [-0.05, 0) is 19.1 Å². The molecule has 21 heavy (non-hydrogen) atoms. The highest BCUT2D eigenvalue weighted by Gasteiger charge is 2.09. The van der Waals surface area contributed by atoms with Crippen molar-refractivity contribution in [3.8, 4) is 5.75 Å². The topological polar surface area (TPSA) is 78.8 Å². The number of para-hydroxylation sites is 1. The first-order valence-electron chi connectivity index (χ1n) is 6.87. The first-order chi connectivity index (χ1) is 10.2. The van der Waals surface area contributed by atoms with Crippen LogP contribution in [0.3, 0.4) is 0 Å². The van der Waals surface area contributed by atoms with Crippen LogP contribution in [0.5, 0.6) is 5.75 Å². The summed E-state index contributed by atoms with van der Waals surface area (Å²) in [4.78, 5) is 8.54. The van der Waals surface area contributed by atoms with Crippen molar-refractivity contribution >= 4 is 16.9 Å². The summed E-state index contributed by atoms with van der Waals surface area (Å²) in [5.74, 6) is 2.01. The predicted molar refractivity (Wildman–Crippen MR) is 81.0 cm³/mol. The van der Waals surface area contributed by atoms with Gasteiger partial charge in [-0.25, -0.2) is 14.6 Å². The Morgan fingerprint density at radius 2 is 2.00 bits per heavy atom. The Morgan fingerprint density at radius 1 is 1.19 bits per heavy atom. The van der Waals surface area contributed by atoms with E-state index < -0.39 is 0 Å². The molecule has 0 atom stereocenters. The number of benzene rings is 1. The average molecular weight is 283 g/mol. The molecule has 0 saturated carbocycles. The Morgan fingerprint density at radius 3 is 2.81 bits per heavy atom. The Balaban J connectivity index is 1.63. The Kier molecular flexibility index (Phi) is 3.68. The molecule has 0 fully saturated rings. The van der Waals surface area contributed by atoms with Gasteiger partial charge in [-0.1, -0.05) is 18.2 Å². The van der Waals surface area contributed by atoms with E-state index in [0.29, 0.717) is 18.2 Å². The lowest BCUT2D eigenvalue weighted by Crippen LogP contribution is -2.07. The summed E-state index contributed by atoms with van der Waals surface area (Å²) in [5, 5.41) is 5.12. The molecular formula is C15H17N5O. The molecule has 0 radical (unpaired) electrons. The molecule has 0 saturated heterocycles. The number of hydrogen-bond acceptors (Lipinski definition) is 5. The molecule has 0 amide bonds. The largest absolute Gasteiger partial charge is 0.494 e. The number of aromatic nitrogens is 4. The maximum atomic E-state index is 5.87. The van der Waals surface area contributed by atoms with Gasteiger partial charge in [0.15, 0.2) is 5.65 Å². The van der Waals surface area contributed by atoms with Gasteiger partial charge in [0, 0.05) is 13.0 Å². The summed E-state index contributed by atoms with van der Waals surface area (Å²) in [6, 6.07) is 9.77. The van der Waals surface area contributed by atoms with Crippen LogP contribution in [-0.4, -0.2) is 26.4 Å². The minimum absolute atomic E-state index is 0.476. The number of ether oxygens (including phenoxy) is 1. The first kappa shape index (κ1) is 13.4. The maximum absolute atomic E-state index is 5.87. The van der Waals surface area contributed by atoms with Crippen molar-refractivity contribution in [2.45, 2.75) is 19.9 Å². The normalized spacial score (nSPS) is 10.9. The van der Waals surface area contributed by atoms with Crippen molar-refractivity contribution in [3.05, 3.63) is 42.4 Å². The van der Waals surface area contributed by atoms with Gasteiger partial charge in [0.25, 0.3) is 0 Å². The molecule has 1 aromatic carbocycles. The quantitative estimate of drug-likeness (QED) is 0.726. The van der Waals surface area contributed by atoms with Crippen molar-refractivity contribution in [1.29, 1.82) is 0 Å². The van der Waals surface area contributed by atoms with E-state index in [0.717, 1.165) is 29.7 Å². The van der Waals surface area contributed by atoms with Crippen molar-refractivity contribution in [1.82, 2.24) is 19.7 Å². The fourth-order valence-corrected chi connectivity index (χ4v) is 2.18.